The van der Waals surface area contributed by atoms with E-state index in [0.29, 0.717) is 42.0 Å². The van der Waals surface area contributed by atoms with Crippen molar-refractivity contribution in [3.63, 3.8) is 0 Å². The standard InChI is InChI=1S/C21H21F2N4O3.C7H5N2S.Ni/c1-29-20-11-27-19(21(22)23)7-17(20)16-6-18(26-10-14(16)12-28)13(8-24)9-25-15-2-4-30-5-3-15;1-2-6(1)3-4-7-9-8-5-10-7;/h6-11,15,21,24-25H,2-5H2,1H3;6H,1-2H2;/q2*-1;+2/p+1/b13-9+,24-8?;;. The van der Waals surface area contributed by atoms with E-state index in [9.17, 15) is 13.6 Å². The minimum Gasteiger partial charge on any atom is -0.496 e. The molecule has 9 nitrogen and oxygen atoms in total. The zero-order chi connectivity index (χ0) is 28.3. The molecule has 5 rings (SSSR count). The number of nitrogens with one attached hydrogen (secondary N) is 1. The summed E-state index contributed by atoms with van der Waals surface area (Å²) in [5.74, 6) is 6.93. The maximum absolute atomic E-state index is 13.2. The topological polar surface area (TPSA) is 128 Å². The van der Waals surface area contributed by atoms with Crippen molar-refractivity contribution in [2.24, 2.45) is 5.92 Å². The number of hydrogen-bond donors (Lipinski definition) is 2. The normalized spacial score (nSPS) is 15.1. The summed E-state index contributed by atoms with van der Waals surface area (Å²) in [5, 5.41) is 17.9. The molecule has 2 fully saturated rings. The van der Waals surface area contributed by atoms with Gasteiger partial charge >= 0.3 is 16.5 Å². The number of hydrogen-bond acceptors (Lipinski definition) is 9. The maximum atomic E-state index is 13.2. The fourth-order valence-corrected chi connectivity index (χ4v) is 4.18. The molecule has 2 aliphatic rings. The third kappa shape index (κ3) is 9.30. The molecule has 13 heteroatoms. The molecule has 3 N–H and O–H groups in total. The second-order valence-electron chi connectivity index (χ2n) is 8.98. The molecule has 0 aromatic carbocycles. The molecule has 41 heavy (non-hydrogen) atoms. The van der Waals surface area contributed by atoms with Gasteiger partial charge in [0.15, 0.2) is 0 Å². The van der Waals surface area contributed by atoms with E-state index in [-0.39, 0.29) is 33.4 Å². The van der Waals surface area contributed by atoms with Gasteiger partial charge in [-0.3, -0.25) is 10.1 Å². The van der Waals surface area contributed by atoms with Crippen molar-refractivity contribution < 1.29 is 44.9 Å². The molecule has 0 amide bonds. The number of nitrogens with zero attached hydrogens (tertiary/aromatic N) is 4. The molecule has 3 aromatic heterocycles. The van der Waals surface area contributed by atoms with Crippen molar-refractivity contribution in [2.45, 2.75) is 38.2 Å². The van der Waals surface area contributed by atoms with Crippen LogP contribution in [0.15, 0.2) is 30.7 Å². The molecule has 0 radical (unpaired) electrons. The number of nitrogens with two attached hydrogens (primary N) is 1. The van der Waals surface area contributed by atoms with Gasteiger partial charge in [-0.15, -0.1) is 23.0 Å². The third-order valence-electron chi connectivity index (χ3n) is 6.19. The molecule has 0 bridgehead atoms. The van der Waals surface area contributed by atoms with E-state index in [2.05, 4.69) is 37.5 Å². The SMILES string of the molecule is C(#CC1CC1)c1nn[c-]s1.COc1cnc(C(F)F)cc1-c1cc(/C(C=N)=C/[NH2+]C2CCOCC2)ncc1[C-]=O.[Ni+2]. The number of allylic oxidation sites excluding steroid dienone is 1. The van der Waals surface area contributed by atoms with E-state index in [0.717, 1.165) is 17.8 Å². The van der Waals surface area contributed by atoms with Gasteiger partial charge in [0.1, 0.15) is 17.6 Å². The second-order valence-corrected chi connectivity index (χ2v) is 9.75. The summed E-state index contributed by atoms with van der Waals surface area (Å²) in [6.07, 6.45) is 8.83. The number of carbonyl (C=O) groups excluding carboxylic acids is 1. The molecule has 0 atom stereocenters. The van der Waals surface area contributed by atoms with Gasteiger partial charge in [0.05, 0.1) is 50.1 Å². The molecule has 0 spiro atoms. The van der Waals surface area contributed by atoms with E-state index < -0.39 is 12.1 Å². The van der Waals surface area contributed by atoms with Crippen LogP contribution in [0.4, 0.5) is 8.78 Å². The molecular formula is C28H27F2N6NiO3S+. The number of ether oxygens (including phenoxy) is 2. The van der Waals surface area contributed by atoms with Gasteiger partial charge in [0.25, 0.3) is 6.43 Å². The van der Waals surface area contributed by atoms with Crippen LogP contribution in [0, 0.1) is 28.7 Å². The Labute approximate surface area is 250 Å². The van der Waals surface area contributed by atoms with Gasteiger partial charge in [-0.2, -0.15) is 0 Å². The number of rotatable bonds is 8. The third-order valence-corrected chi connectivity index (χ3v) is 6.74. The first kappa shape index (κ1) is 32.1. The number of halogens is 2. The van der Waals surface area contributed by atoms with E-state index in [1.807, 2.05) is 11.5 Å². The Morgan fingerprint density at radius 1 is 1.24 bits per heavy atom. The quantitative estimate of drug-likeness (QED) is 0.170. The molecule has 0 unspecified atom stereocenters. The van der Waals surface area contributed by atoms with Crippen molar-refractivity contribution >= 4 is 29.4 Å². The van der Waals surface area contributed by atoms with E-state index in [1.54, 1.807) is 12.4 Å². The van der Waals surface area contributed by atoms with Crippen LogP contribution in [0.3, 0.4) is 0 Å². The zero-order valence-electron chi connectivity index (χ0n) is 22.0. The molecule has 3 aromatic rings. The summed E-state index contributed by atoms with van der Waals surface area (Å²) < 4.78 is 37.0. The van der Waals surface area contributed by atoms with Crippen LogP contribution in [-0.2, 0) is 26.0 Å². The first-order valence-electron chi connectivity index (χ1n) is 12.6. The van der Waals surface area contributed by atoms with Crippen LogP contribution in [0.25, 0.3) is 16.7 Å². The largest absolute Gasteiger partial charge is 2.00 e. The Bertz CT molecular complexity index is 1400. The van der Waals surface area contributed by atoms with Gasteiger partial charge in [-0.05, 0) is 24.5 Å². The van der Waals surface area contributed by atoms with Crippen molar-refractivity contribution in [1.82, 2.24) is 20.2 Å². The number of aromatic nitrogens is 4. The fourth-order valence-electron chi connectivity index (χ4n) is 3.82. The number of methoxy groups -OCH3 is 1. The number of quaternary nitrogens is 1. The summed E-state index contributed by atoms with van der Waals surface area (Å²) in [7, 11) is 1.39. The average Bonchev–Trinajstić information content (AvgIpc) is 3.68. The maximum Gasteiger partial charge on any atom is 2.00 e. The Balaban J connectivity index is 0.000000351. The summed E-state index contributed by atoms with van der Waals surface area (Å²) in [6.45, 7) is 1.41. The second kappa shape index (κ2) is 16.1. The minimum absolute atomic E-state index is 0. The fraction of sp³-hybridized carbons (Fsp3) is 0.357. The van der Waals surface area contributed by atoms with Gasteiger partial charge in [-0.1, -0.05) is 17.8 Å². The summed E-state index contributed by atoms with van der Waals surface area (Å²) in [5.41, 5.74) is 3.89. The van der Waals surface area contributed by atoms with E-state index >= 15 is 0 Å². The smallest absolute Gasteiger partial charge is 0.496 e. The number of pyridine rings is 2. The first-order valence-corrected chi connectivity index (χ1v) is 13.4. The van der Waals surface area contributed by atoms with Crippen molar-refractivity contribution in [3.8, 4) is 28.7 Å². The molecule has 1 aliphatic heterocycles. The van der Waals surface area contributed by atoms with Crippen LogP contribution >= 0.6 is 11.3 Å². The van der Waals surface area contributed by atoms with E-state index in [4.69, 9.17) is 14.9 Å². The van der Waals surface area contributed by atoms with Crippen LogP contribution in [-0.4, -0.2) is 59.0 Å². The van der Waals surface area contributed by atoms with Gasteiger partial charge in [0.2, 0.25) is 0 Å². The van der Waals surface area contributed by atoms with Gasteiger partial charge in [0, 0.05) is 30.0 Å². The van der Waals surface area contributed by atoms with Crippen molar-refractivity contribution in [3.05, 3.63) is 58.2 Å². The Hall–Kier alpha value is -3.43. The average molecular weight is 624 g/mol. The van der Waals surface area contributed by atoms with Crippen LogP contribution in [0.1, 0.15) is 54.1 Å². The zero-order valence-corrected chi connectivity index (χ0v) is 23.8. The predicted molar refractivity (Wildman–Crippen MR) is 145 cm³/mol. The molecule has 1 saturated carbocycles. The molecular weight excluding hydrogens is 597 g/mol. The van der Waals surface area contributed by atoms with Gasteiger partial charge in [-0.25, -0.2) is 13.9 Å². The minimum atomic E-state index is -2.77. The van der Waals surface area contributed by atoms with Crippen LogP contribution < -0.4 is 10.1 Å². The molecule has 216 valence electrons. The van der Waals surface area contributed by atoms with Crippen LogP contribution in [0.5, 0.6) is 5.75 Å². The Kier molecular flexibility index (Phi) is 12.6. The predicted octanol–water partition coefficient (Wildman–Crippen LogP) is 3.38. The summed E-state index contributed by atoms with van der Waals surface area (Å²) in [4.78, 5) is 19.4. The molecule has 1 aliphatic carbocycles. The number of alkyl halides is 2. The molecule has 1 saturated heterocycles. The Morgan fingerprint density at radius 3 is 2.63 bits per heavy atom. The van der Waals surface area contributed by atoms with Crippen LogP contribution in [0.2, 0.25) is 0 Å². The molecule has 4 heterocycles. The summed E-state index contributed by atoms with van der Waals surface area (Å²) in [6, 6.07) is 3.11. The van der Waals surface area contributed by atoms with E-state index in [1.165, 1.54) is 56.0 Å². The first-order chi connectivity index (χ1) is 19.5. The Morgan fingerprint density at radius 2 is 2.02 bits per heavy atom. The monoisotopic (exact) mass is 623 g/mol. The summed E-state index contributed by atoms with van der Waals surface area (Å²) >= 11 is 1.37. The van der Waals surface area contributed by atoms with Crippen molar-refractivity contribution in [1.29, 1.82) is 5.41 Å². The van der Waals surface area contributed by atoms with Crippen molar-refractivity contribution in [2.75, 3.05) is 20.3 Å². The van der Waals surface area contributed by atoms with Gasteiger partial charge < -0.3 is 41.3 Å².